The number of para-hydroxylation sites is 1. The number of rotatable bonds is 2. The first-order chi connectivity index (χ1) is 8.62. The van der Waals surface area contributed by atoms with Crippen LogP contribution in [0, 0.1) is 0 Å². The van der Waals surface area contributed by atoms with E-state index in [4.69, 9.17) is 9.62 Å². The van der Waals surface area contributed by atoms with Gasteiger partial charge in [-0.1, -0.05) is 23.1 Å². The molecule has 6 heteroatoms. The molecule has 3 rings (SSSR count). The summed E-state index contributed by atoms with van der Waals surface area (Å²) >= 11 is 0. The van der Waals surface area contributed by atoms with Crippen molar-refractivity contribution in [3.8, 4) is 0 Å². The monoisotopic (exact) mass is 263 g/mol. The van der Waals surface area contributed by atoms with Crippen LogP contribution in [0.1, 0.15) is 0 Å². The van der Waals surface area contributed by atoms with Crippen molar-refractivity contribution >= 4 is 32.0 Å². The molecule has 5 nitrogen and oxygen atoms in total. The molecule has 0 aliphatic heterocycles. The minimum Gasteiger partial charge on any atom is -0.456 e. The number of nitrogens with one attached hydrogen (secondary N) is 1. The van der Waals surface area contributed by atoms with Gasteiger partial charge in [-0.05, 0) is 24.3 Å². The van der Waals surface area contributed by atoms with Gasteiger partial charge < -0.3 is 9.62 Å². The van der Waals surface area contributed by atoms with Crippen molar-refractivity contribution in [3.63, 3.8) is 0 Å². The molecule has 3 aromatic rings. The maximum atomic E-state index is 11.5. The standard InChI is InChI=1S/C12H9NO4S/c14-13-18(15,16)8-5-6-12-10(7-8)9-3-1-2-4-11(9)17-12/h1-7,13-14H. The lowest BCUT2D eigenvalue weighted by Crippen LogP contribution is -2.19. The van der Waals surface area contributed by atoms with Crippen LogP contribution in [0.15, 0.2) is 51.8 Å². The van der Waals surface area contributed by atoms with E-state index < -0.39 is 10.0 Å². The van der Waals surface area contributed by atoms with Gasteiger partial charge in [-0.2, -0.15) is 0 Å². The Hall–Kier alpha value is -1.89. The fraction of sp³-hybridized carbons (Fsp3) is 0. The van der Waals surface area contributed by atoms with E-state index in [9.17, 15) is 8.42 Å². The molecule has 0 atom stereocenters. The van der Waals surface area contributed by atoms with Gasteiger partial charge in [-0.3, -0.25) is 0 Å². The van der Waals surface area contributed by atoms with Crippen LogP contribution >= 0.6 is 0 Å². The smallest absolute Gasteiger partial charge is 0.262 e. The SMILES string of the molecule is O=S(=O)(NO)c1ccc2oc3ccccc3c2c1. The van der Waals surface area contributed by atoms with Gasteiger partial charge in [0.25, 0.3) is 10.0 Å². The van der Waals surface area contributed by atoms with Gasteiger partial charge in [0.2, 0.25) is 0 Å². The summed E-state index contributed by atoms with van der Waals surface area (Å²) in [6.45, 7) is 0. The number of hydrogen-bond donors (Lipinski definition) is 2. The number of hydrogen-bond acceptors (Lipinski definition) is 4. The Morgan fingerprint density at radius 2 is 1.72 bits per heavy atom. The Labute approximate surface area is 103 Å². The Morgan fingerprint density at radius 1 is 1.00 bits per heavy atom. The van der Waals surface area contributed by atoms with E-state index in [1.807, 2.05) is 24.3 Å². The summed E-state index contributed by atoms with van der Waals surface area (Å²) in [5.41, 5.74) is 1.30. The van der Waals surface area contributed by atoms with Crippen LogP contribution in [-0.4, -0.2) is 13.6 Å². The van der Waals surface area contributed by atoms with Crippen molar-refractivity contribution in [2.75, 3.05) is 0 Å². The van der Waals surface area contributed by atoms with E-state index in [0.717, 1.165) is 5.39 Å². The van der Waals surface area contributed by atoms with Crippen molar-refractivity contribution in [1.82, 2.24) is 4.89 Å². The highest BCUT2D eigenvalue weighted by atomic mass is 32.2. The lowest BCUT2D eigenvalue weighted by atomic mass is 10.1. The summed E-state index contributed by atoms with van der Waals surface area (Å²) in [6, 6.07) is 11.8. The molecular weight excluding hydrogens is 254 g/mol. The average molecular weight is 263 g/mol. The predicted octanol–water partition coefficient (Wildman–Crippen LogP) is 2.25. The number of sulfonamides is 1. The molecule has 18 heavy (non-hydrogen) atoms. The minimum absolute atomic E-state index is 0.0101. The molecule has 0 aliphatic rings. The van der Waals surface area contributed by atoms with Crippen LogP contribution in [0.2, 0.25) is 0 Å². The lowest BCUT2D eigenvalue weighted by molar-refractivity contribution is 0.242. The molecule has 0 saturated carbocycles. The van der Waals surface area contributed by atoms with E-state index in [0.29, 0.717) is 16.6 Å². The van der Waals surface area contributed by atoms with Gasteiger partial charge >= 0.3 is 0 Å². The van der Waals surface area contributed by atoms with Crippen LogP contribution in [0.3, 0.4) is 0 Å². The van der Waals surface area contributed by atoms with E-state index in [-0.39, 0.29) is 4.90 Å². The third kappa shape index (κ3) is 1.59. The van der Waals surface area contributed by atoms with Crippen LogP contribution in [0.5, 0.6) is 0 Å². The second-order valence-electron chi connectivity index (χ2n) is 3.85. The summed E-state index contributed by atoms with van der Waals surface area (Å²) in [7, 11) is -3.87. The van der Waals surface area contributed by atoms with Crippen molar-refractivity contribution in [1.29, 1.82) is 0 Å². The number of fused-ring (bicyclic) bond motifs is 3. The van der Waals surface area contributed by atoms with E-state index >= 15 is 0 Å². The van der Waals surface area contributed by atoms with Crippen molar-refractivity contribution in [2.45, 2.75) is 4.90 Å². The highest BCUT2D eigenvalue weighted by Crippen LogP contribution is 2.30. The van der Waals surface area contributed by atoms with Crippen molar-refractivity contribution in [2.24, 2.45) is 0 Å². The van der Waals surface area contributed by atoms with E-state index in [2.05, 4.69) is 0 Å². The maximum Gasteiger partial charge on any atom is 0.262 e. The first kappa shape index (κ1) is 11.2. The Bertz CT molecular complexity index is 836. The van der Waals surface area contributed by atoms with Crippen LogP contribution in [0.4, 0.5) is 0 Å². The van der Waals surface area contributed by atoms with Crippen LogP contribution in [0.25, 0.3) is 21.9 Å². The molecule has 0 spiro atoms. The van der Waals surface area contributed by atoms with Gasteiger partial charge in [0.15, 0.2) is 0 Å². The first-order valence-corrected chi connectivity index (χ1v) is 6.67. The molecule has 0 bridgehead atoms. The normalized spacial score (nSPS) is 12.3. The average Bonchev–Trinajstić information content (AvgIpc) is 2.76. The topological polar surface area (TPSA) is 79.5 Å². The van der Waals surface area contributed by atoms with E-state index in [1.54, 1.807) is 6.07 Å². The molecule has 1 aromatic heterocycles. The van der Waals surface area contributed by atoms with Crippen molar-refractivity contribution < 1.29 is 18.0 Å². The highest BCUT2D eigenvalue weighted by molar-refractivity contribution is 7.89. The van der Waals surface area contributed by atoms with Crippen molar-refractivity contribution in [3.05, 3.63) is 42.5 Å². The zero-order valence-corrected chi connectivity index (χ0v) is 9.94. The van der Waals surface area contributed by atoms with Gasteiger partial charge in [0.05, 0.1) is 4.90 Å². The van der Waals surface area contributed by atoms with E-state index in [1.165, 1.54) is 17.0 Å². The molecule has 0 unspecified atom stereocenters. The Kier molecular flexibility index (Phi) is 2.37. The number of benzene rings is 2. The Balaban J connectivity index is 2.38. The molecule has 2 N–H and O–H groups in total. The predicted molar refractivity (Wildman–Crippen MR) is 65.8 cm³/mol. The molecule has 0 fully saturated rings. The third-order valence-corrected chi connectivity index (χ3v) is 3.89. The van der Waals surface area contributed by atoms with Gasteiger partial charge in [-0.15, -0.1) is 0 Å². The second-order valence-corrected chi connectivity index (χ2v) is 5.51. The number of furan rings is 1. The van der Waals surface area contributed by atoms with Crippen LogP contribution in [-0.2, 0) is 10.0 Å². The summed E-state index contributed by atoms with van der Waals surface area (Å²) in [4.78, 5) is 1.29. The molecule has 0 radical (unpaired) electrons. The summed E-state index contributed by atoms with van der Waals surface area (Å²) in [6.07, 6.45) is 0. The maximum absolute atomic E-state index is 11.5. The molecule has 2 aromatic carbocycles. The second kappa shape index (κ2) is 3.81. The third-order valence-electron chi connectivity index (χ3n) is 2.78. The zero-order chi connectivity index (χ0) is 12.8. The lowest BCUT2D eigenvalue weighted by Gasteiger charge is -2.00. The molecular formula is C12H9NO4S. The summed E-state index contributed by atoms with van der Waals surface area (Å²) in [5, 5.41) is 10.2. The fourth-order valence-corrected chi connectivity index (χ4v) is 2.55. The minimum atomic E-state index is -3.87. The molecule has 0 aliphatic carbocycles. The molecule has 0 amide bonds. The van der Waals surface area contributed by atoms with Crippen LogP contribution < -0.4 is 4.89 Å². The fourth-order valence-electron chi connectivity index (χ4n) is 1.93. The largest absolute Gasteiger partial charge is 0.456 e. The quantitative estimate of drug-likeness (QED) is 0.695. The van der Waals surface area contributed by atoms with Gasteiger partial charge in [-0.25, -0.2) is 8.42 Å². The molecule has 92 valence electrons. The summed E-state index contributed by atoms with van der Waals surface area (Å²) < 4.78 is 28.6. The Morgan fingerprint density at radius 3 is 2.50 bits per heavy atom. The van der Waals surface area contributed by atoms with Gasteiger partial charge in [0, 0.05) is 10.8 Å². The molecule has 0 saturated heterocycles. The highest BCUT2D eigenvalue weighted by Gasteiger charge is 2.15. The zero-order valence-electron chi connectivity index (χ0n) is 9.12. The summed E-state index contributed by atoms with van der Waals surface area (Å²) in [5.74, 6) is 0. The first-order valence-electron chi connectivity index (χ1n) is 5.19. The molecule has 1 heterocycles. The van der Waals surface area contributed by atoms with Gasteiger partial charge in [0.1, 0.15) is 11.2 Å².